The Bertz CT molecular complexity index is 864. The highest BCUT2D eigenvalue weighted by atomic mass is 16.2. The summed E-state index contributed by atoms with van der Waals surface area (Å²) in [5.74, 6) is -0.310. The molecule has 0 saturated heterocycles. The maximum Gasteiger partial charge on any atom is 0.347 e. The van der Waals surface area contributed by atoms with Gasteiger partial charge in [-0.05, 0) is 35.9 Å². The van der Waals surface area contributed by atoms with E-state index in [0.717, 1.165) is 5.56 Å². The maximum atomic E-state index is 11.9. The van der Waals surface area contributed by atoms with Gasteiger partial charge in [0.2, 0.25) is 5.91 Å². The molecule has 3 aromatic heterocycles. The van der Waals surface area contributed by atoms with E-state index in [2.05, 4.69) is 20.5 Å². The smallest absolute Gasteiger partial charge is 0.319 e. The van der Waals surface area contributed by atoms with Gasteiger partial charge in [0.05, 0.1) is 5.69 Å². The lowest BCUT2D eigenvalue weighted by molar-refractivity contribution is -0.111. The van der Waals surface area contributed by atoms with Crippen molar-refractivity contribution in [1.29, 1.82) is 0 Å². The molecule has 0 aliphatic rings. The Hall–Kier alpha value is -3.22. The van der Waals surface area contributed by atoms with Crippen LogP contribution in [0.1, 0.15) is 5.56 Å². The molecule has 1 amide bonds. The minimum Gasteiger partial charge on any atom is -0.319 e. The highest BCUT2D eigenvalue weighted by Gasteiger charge is 2.07. The van der Waals surface area contributed by atoms with Crippen LogP contribution in [-0.2, 0) is 4.79 Å². The molecule has 0 radical (unpaired) electrons. The van der Waals surface area contributed by atoms with Crippen LogP contribution < -0.4 is 11.0 Å². The molecule has 7 nitrogen and oxygen atoms in total. The van der Waals surface area contributed by atoms with E-state index in [9.17, 15) is 9.59 Å². The summed E-state index contributed by atoms with van der Waals surface area (Å²) in [7, 11) is 0. The van der Waals surface area contributed by atoms with Crippen molar-refractivity contribution in [3.63, 3.8) is 0 Å². The quantitative estimate of drug-likeness (QED) is 0.702. The van der Waals surface area contributed by atoms with Gasteiger partial charge in [-0.3, -0.25) is 9.78 Å². The fourth-order valence-corrected chi connectivity index (χ4v) is 1.85. The van der Waals surface area contributed by atoms with Crippen molar-refractivity contribution in [1.82, 2.24) is 19.6 Å². The number of fused-ring (bicyclic) bond motifs is 1. The molecular formula is C14H11N5O2. The van der Waals surface area contributed by atoms with Crippen LogP contribution >= 0.6 is 0 Å². The van der Waals surface area contributed by atoms with Crippen LogP contribution in [0.15, 0.2) is 53.7 Å². The number of nitrogens with one attached hydrogen (secondary N) is 2. The van der Waals surface area contributed by atoms with Gasteiger partial charge in [0.25, 0.3) is 0 Å². The zero-order valence-electron chi connectivity index (χ0n) is 10.9. The maximum absolute atomic E-state index is 11.9. The number of nitrogens with zero attached hydrogens (tertiary/aromatic N) is 3. The van der Waals surface area contributed by atoms with Crippen molar-refractivity contribution < 1.29 is 4.79 Å². The summed E-state index contributed by atoms with van der Waals surface area (Å²) >= 11 is 0. The molecule has 3 rings (SSSR count). The molecule has 0 bridgehead atoms. The highest BCUT2D eigenvalue weighted by Crippen LogP contribution is 2.12. The number of amides is 1. The molecule has 3 aromatic rings. The van der Waals surface area contributed by atoms with Gasteiger partial charge in [0.15, 0.2) is 5.65 Å². The Morgan fingerprint density at radius 2 is 2.10 bits per heavy atom. The van der Waals surface area contributed by atoms with E-state index in [1.165, 1.54) is 10.5 Å². The van der Waals surface area contributed by atoms with Gasteiger partial charge in [0, 0.05) is 24.7 Å². The summed E-state index contributed by atoms with van der Waals surface area (Å²) < 4.78 is 1.32. The first-order chi connectivity index (χ1) is 10.2. The zero-order chi connectivity index (χ0) is 14.7. The van der Waals surface area contributed by atoms with Gasteiger partial charge in [-0.15, -0.1) is 0 Å². The van der Waals surface area contributed by atoms with Crippen LogP contribution in [0.4, 0.5) is 5.69 Å². The number of aromatic nitrogens is 4. The molecule has 0 aliphatic carbocycles. The number of pyridine rings is 2. The van der Waals surface area contributed by atoms with Crippen LogP contribution in [-0.4, -0.2) is 25.5 Å². The minimum absolute atomic E-state index is 0.310. The van der Waals surface area contributed by atoms with Crippen molar-refractivity contribution in [2.24, 2.45) is 0 Å². The molecule has 0 unspecified atom stereocenters. The van der Waals surface area contributed by atoms with Crippen LogP contribution in [0.25, 0.3) is 11.7 Å². The van der Waals surface area contributed by atoms with Crippen molar-refractivity contribution in [3.05, 3.63) is 65.0 Å². The molecule has 0 saturated carbocycles. The normalized spacial score (nSPS) is 11.0. The van der Waals surface area contributed by atoms with Crippen molar-refractivity contribution in [2.45, 2.75) is 0 Å². The lowest BCUT2D eigenvalue weighted by Crippen LogP contribution is -2.12. The molecule has 7 heteroatoms. The predicted octanol–water partition coefficient (Wildman–Crippen LogP) is 1.07. The molecule has 0 aliphatic heterocycles. The SMILES string of the molecule is O=C(/C=C/c1ccncc1)Nc1cccn2c(=O)[nH]nc12. The summed E-state index contributed by atoms with van der Waals surface area (Å²) in [5, 5.41) is 8.88. The molecule has 104 valence electrons. The third-order valence-corrected chi connectivity index (χ3v) is 2.83. The number of aromatic amines is 1. The van der Waals surface area contributed by atoms with E-state index in [1.54, 1.807) is 48.9 Å². The second-order valence-corrected chi connectivity index (χ2v) is 4.25. The average Bonchev–Trinajstić information content (AvgIpc) is 2.89. The van der Waals surface area contributed by atoms with Crippen LogP contribution in [0, 0.1) is 0 Å². The van der Waals surface area contributed by atoms with E-state index >= 15 is 0 Å². The van der Waals surface area contributed by atoms with Gasteiger partial charge in [-0.25, -0.2) is 14.3 Å². The summed E-state index contributed by atoms with van der Waals surface area (Å²) in [6, 6.07) is 6.91. The number of carbonyl (C=O) groups is 1. The van der Waals surface area contributed by atoms with Gasteiger partial charge >= 0.3 is 5.69 Å². The number of hydrogen-bond donors (Lipinski definition) is 2. The van der Waals surface area contributed by atoms with E-state index in [1.807, 2.05) is 0 Å². The highest BCUT2D eigenvalue weighted by molar-refractivity contribution is 6.03. The number of hydrogen-bond acceptors (Lipinski definition) is 4. The van der Waals surface area contributed by atoms with E-state index < -0.39 is 0 Å². The number of rotatable bonds is 3. The summed E-state index contributed by atoms with van der Waals surface area (Å²) in [5.41, 5.74) is 1.34. The first-order valence-corrected chi connectivity index (χ1v) is 6.19. The lowest BCUT2D eigenvalue weighted by Gasteiger charge is -2.02. The van der Waals surface area contributed by atoms with Gasteiger partial charge in [0.1, 0.15) is 0 Å². The van der Waals surface area contributed by atoms with Crippen molar-refractivity contribution in [3.8, 4) is 0 Å². The summed E-state index contributed by atoms with van der Waals surface area (Å²) in [6.07, 6.45) is 7.95. The third-order valence-electron chi connectivity index (χ3n) is 2.83. The third kappa shape index (κ3) is 2.71. The minimum atomic E-state index is -0.353. The van der Waals surface area contributed by atoms with E-state index in [0.29, 0.717) is 11.3 Å². The Balaban J connectivity index is 1.81. The lowest BCUT2D eigenvalue weighted by atomic mass is 10.2. The molecule has 0 aromatic carbocycles. The topological polar surface area (TPSA) is 92.2 Å². The van der Waals surface area contributed by atoms with Crippen LogP contribution in [0.5, 0.6) is 0 Å². The van der Waals surface area contributed by atoms with Crippen molar-refractivity contribution >= 4 is 23.3 Å². The summed E-state index contributed by atoms with van der Waals surface area (Å²) in [6.45, 7) is 0. The van der Waals surface area contributed by atoms with Gasteiger partial charge in [-0.2, -0.15) is 5.10 Å². The number of carbonyl (C=O) groups excluding carboxylic acids is 1. The fourth-order valence-electron chi connectivity index (χ4n) is 1.85. The van der Waals surface area contributed by atoms with Gasteiger partial charge in [-0.1, -0.05) is 0 Å². The first-order valence-electron chi connectivity index (χ1n) is 6.19. The predicted molar refractivity (Wildman–Crippen MR) is 77.7 cm³/mol. The number of H-pyrrole nitrogens is 1. The molecule has 2 N–H and O–H groups in total. The summed E-state index contributed by atoms with van der Waals surface area (Å²) in [4.78, 5) is 27.2. The Morgan fingerprint density at radius 3 is 2.90 bits per heavy atom. The number of anilines is 1. The molecule has 0 spiro atoms. The molecular weight excluding hydrogens is 270 g/mol. The first kappa shape index (κ1) is 12.8. The Labute approximate surface area is 119 Å². The standard InChI is InChI=1S/C14H11N5O2/c20-12(4-3-10-5-7-15-8-6-10)16-11-2-1-9-19-13(11)17-18-14(19)21/h1-9H,(H,16,20)(H,18,21)/b4-3+. The fraction of sp³-hybridized carbons (Fsp3) is 0. The van der Waals surface area contributed by atoms with Gasteiger partial charge < -0.3 is 5.32 Å². The van der Waals surface area contributed by atoms with Crippen molar-refractivity contribution in [2.75, 3.05) is 5.32 Å². The molecule has 3 heterocycles. The Morgan fingerprint density at radius 1 is 1.29 bits per heavy atom. The second kappa shape index (κ2) is 5.41. The van der Waals surface area contributed by atoms with E-state index in [4.69, 9.17) is 0 Å². The molecule has 0 fully saturated rings. The average molecular weight is 281 g/mol. The zero-order valence-corrected chi connectivity index (χ0v) is 10.9. The monoisotopic (exact) mass is 281 g/mol. The molecule has 0 atom stereocenters. The Kier molecular flexibility index (Phi) is 3.30. The van der Waals surface area contributed by atoms with Crippen LogP contribution in [0.3, 0.4) is 0 Å². The van der Waals surface area contributed by atoms with Crippen LogP contribution in [0.2, 0.25) is 0 Å². The van der Waals surface area contributed by atoms with E-state index in [-0.39, 0.29) is 11.6 Å². The molecule has 21 heavy (non-hydrogen) atoms. The second-order valence-electron chi connectivity index (χ2n) is 4.25. The largest absolute Gasteiger partial charge is 0.347 e.